The Kier molecular flexibility index (Phi) is 3.76. The fraction of sp³-hybridized carbons (Fsp3) is 0.417. The minimum absolute atomic E-state index is 0.00850. The predicted octanol–water partition coefficient (Wildman–Crippen LogP) is 3.65. The van der Waals surface area contributed by atoms with Crippen molar-refractivity contribution >= 4 is 15.9 Å². The molecule has 0 aliphatic rings. The molecule has 0 amide bonds. The standard InChI is InChI=1S/C12H14BrNO/c1-12(2,3)10-8-9(13)4-5-11(10)15-7-6-14/h4-5,8H,7H2,1-3H3. The van der Waals surface area contributed by atoms with E-state index in [1.807, 2.05) is 24.3 Å². The normalized spacial score (nSPS) is 10.9. The zero-order chi connectivity index (χ0) is 11.5. The second-order valence-corrected chi connectivity index (χ2v) is 5.25. The summed E-state index contributed by atoms with van der Waals surface area (Å²) in [6.07, 6.45) is 0. The van der Waals surface area contributed by atoms with E-state index in [4.69, 9.17) is 10.00 Å². The number of nitriles is 1. The van der Waals surface area contributed by atoms with Crippen LogP contribution in [-0.4, -0.2) is 6.61 Å². The lowest BCUT2D eigenvalue weighted by Gasteiger charge is -2.22. The average molecular weight is 268 g/mol. The molecule has 80 valence electrons. The first-order valence-electron chi connectivity index (χ1n) is 4.75. The largest absolute Gasteiger partial charge is 0.478 e. The Bertz CT molecular complexity index is 388. The van der Waals surface area contributed by atoms with Crippen LogP contribution >= 0.6 is 15.9 Å². The van der Waals surface area contributed by atoms with Gasteiger partial charge in [-0.1, -0.05) is 36.7 Å². The molecule has 0 bridgehead atoms. The second kappa shape index (κ2) is 4.67. The summed E-state index contributed by atoms with van der Waals surface area (Å²) in [5.74, 6) is 0.784. The van der Waals surface area contributed by atoms with Crippen LogP contribution in [0.25, 0.3) is 0 Å². The molecule has 2 nitrogen and oxygen atoms in total. The van der Waals surface area contributed by atoms with Crippen LogP contribution in [0.5, 0.6) is 5.75 Å². The fourth-order valence-electron chi connectivity index (χ4n) is 1.32. The maximum atomic E-state index is 8.49. The van der Waals surface area contributed by atoms with Crippen molar-refractivity contribution < 1.29 is 4.74 Å². The van der Waals surface area contributed by atoms with Gasteiger partial charge in [-0.15, -0.1) is 0 Å². The van der Waals surface area contributed by atoms with Crippen molar-refractivity contribution in [1.82, 2.24) is 0 Å². The maximum absolute atomic E-state index is 8.49. The Hall–Kier alpha value is -1.01. The van der Waals surface area contributed by atoms with Gasteiger partial charge in [-0.25, -0.2) is 0 Å². The van der Waals surface area contributed by atoms with Gasteiger partial charge in [-0.3, -0.25) is 0 Å². The third kappa shape index (κ3) is 3.24. The van der Waals surface area contributed by atoms with Crippen molar-refractivity contribution in [2.24, 2.45) is 0 Å². The van der Waals surface area contributed by atoms with Gasteiger partial charge in [0.1, 0.15) is 11.8 Å². The Morgan fingerprint density at radius 1 is 1.40 bits per heavy atom. The van der Waals surface area contributed by atoms with Gasteiger partial charge in [0.15, 0.2) is 6.61 Å². The lowest BCUT2D eigenvalue weighted by Crippen LogP contribution is -2.13. The van der Waals surface area contributed by atoms with Gasteiger partial charge in [0, 0.05) is 10.0 Å². The van der Waals surface area contributed by atoms with E-state index >= 15 is 0 Å². The quantitative estimate of drug-likeness (QED) is 0.820. The molecule has 1 aromatic rings. The predicted molar refractivity (Wildman–Crippen MR) is 64.0 cm³/mol. The van der Waals surface area contributed by atoms with Crippen molar-refractivity contribution in [2.75, 3.05) is 6.61 Å². The molecule has 15 heavy (non-hydrogen) atoms. The Morgan fingerprint density at radius 3 is 2.60 bits per heavy atom. The Morgan fingerprint density at radius 2 is 2.07 bits per heavy atom. The summed E-state index contributed by atoms with van der Waals surface area (Å²) in [7, 11) is 0. The third-order valence-electron chi connectivity index (χ3n) is 2.04. The third-order valence-corrected chi connectivity index (χ3v) is 2.54. The number of rotatable bonds is 2. The summed E-state index contributed by atoms with van der Waals surface area (Å²) < 4.78 is 6.41. The second-order valence-electron chi connectivity index (χ2n) is 4.34. The van der Waals surface area contributed by atoms with Crippen LogP contribution < -0.4 is 4.74 Å². The van der Waals surface area contributed by atoms with E-state index in [1.165, 1.54) is 0 Å². The molecule has 0 aliphatic heterocycles. The van der Waals surface area contributed by atoms with E-state index in [0.717, 1.165) is 15.8 Å². The van der Waals surface area contributed by atoms with Crippen molar-refractivity contribution in [3.05, 3.63) is 28.2 Å². The molecule has 3 heteroatoms. The molecule has 0 unspecified atom stereocenters. The number of ether oxygens (including phenoxy) is 1. The van der Waals surface area contributed by atoms with Crippen LogP contribution in [0.3, 0.4) is 0 Å². The van der Waals surface area contributed by atoms with Gasteiger partial charge >= 0.3 is 0 Å². The molecule has 0 spiro atoms. The summed E-state index contributed by atoms with van der Waals surface area (Å²) in [5.41, 5.74) is 1.11. The fourth-order valence-corrected chi connectivity index (χ4v) is 1.69. The molecule has 0 radical (unpaired) electrons. The molecule has 0 aliphatic carbocycles. The first kappa shape index (κ1) is 12.1. The van der Waals surface area contributed by atoms with Gasteiger partial charge in [0.25, 0.3) is 0 Å². The summed E-state index contributed by atoms with van der Waals surface area (Å²) in [4.78, 5) is 0. The van der Waals surface area contributed by atoms with Crippen molar-refractivity contribution in [3.8, 4) is 11.8 Å². The van der Waals surface area contributed by atoms with E-state index in [9.17, 15) is 0 Å². The minimum atomic E-state index is 0.00850. The van der Waals surface area contributed by atoms with Crippen LogP contribution in [0.1, 0.15) is 26.3 Å². The molecule has 1 aromatic carbocycles. The van der Waals surface area contributed by atoms with Crippen LogP contribution in [0.15, 0.2) is 22.7 Å². The number of nitrogens with zero attached hydrogens (tertiary/aromatic N) is 1. The lowest BCUT2D eigenvalue weighted by atomic mass is 9.86. The van der Waals surface area contributed by atoms with Crippen LogP contribution in [-0.2, 0) is 5.41 Å². The first-order chi connectivity index (χ1) is 6.95. The zero-order valence-electron chi connectivity index (χ0n) is 9.17. The Balaban J connectivity index is 3.10. The maximum Gasteiger partial charge on any atom is 0.174 e. The number of halogens is 1. The monoisotopic (exact) mass is 267 g/mol. The van der Waals surface area contributed by atoms with Gasteiger partial charge in [0.2, 0.25) is 0 Å². The van der Waals surface area contributed by atoms with Gasteiger partial charge in [-0.05, 0) is 23.6 Å². The lowest BCUT2D eigenvalue weighted by molar-refractivity contribution is 0.355. The highest BCUT2D eigenvalue weighted by atomic mass is 79.9. The summed E-state index contributed by atoms with van der Waals surface area (Å²) in [6, 6.07) is 7.82. The van der Waals surface area contributed by atoms with Crippen LogP contribution in [0.2, 0.25) is 0 Å². The van der Waals surface area contributed by atoms with Gasteiger partial charge < -0.3 is 4.74 Å². The molecule has 0 saturated heterocycles. The number of benzene rings is 1. The van der Waals surface area contributed by atoms with Crippen LogP contribution in [0, 0.1) is 11.3 Å². The van der Waals surface area contributed by atoms with Crippen molar-refractivity contribution in [1.29, 1.82) is 5.26 Å². The summed E-state index contributed by atoms with van der Waals surface area (Å²) in [5, 5.41) is 8.49. The average Bonchev–Trinajstić information content (AvgIpc) is 2.14. The highest BCUT2D eigenvalue weighted by Gasteiger charge is 2.19. The smallest absolute Gasteiger partial charge is 0.174 e. The van der Waals surface area contributed by atoms with Crippen LogP contribution in [0.4, 0.5) is 0 Å². The highest BCUT2D eigenvalue weighted by Crippen LogP contribution is 2.33. The molecule has 0 fully saturated rings. The topological polar surface area (TPSA) is 33.0 Å². The minimum Gasteiger partial charge on any atom is -0.478 e. The van der Waals surface area contributed by atoms with E-state index in [-0.39, 0.29) is 12.0 Å². The number of hydrogen-bond donors (Lipinski definition) is 0. The summed E-state index contributed by atoms with van der Waals surface area (Å²) in [6.45, 7) is 6.45. The zero-order valence-corrected chi connectivity index (χ0v) is 10.8. The van der Waals surface area contributed by atoms with Crippen molar-refractivity contribution in [2.45, 2.75) is 26.2 Å². The molecule has 0 atom stereocenters. The van der Waals surface area contributed by atoms with Gasteiger partial charge in [0.05, 0.1) is 0 Å². The molecule has 0 N–H and O–H groups in total. The van der Waals surface area contributed by atoms with E-state index in [0.29, 0.717) is 0 Å². The first-order valence-corrected chi connectivity index (χ1v) is 5.54. The van der Waals surface area contributed by atoms with E-state index in [1.54, 1.807) is 0 Å². The van der Waals surface area contributed by atoms with E-state index in [2.05, 4.69) is 36.7 Å². The molecular formula is C12H14BrNO. The molecule has 1 rings (SSSR count). The SMILES string of the molecule is CC(C)(C)c1cc(Br)ccc1OCC#N. The molecule has 0 aromatic heterocycles. The Labute approximate surface area is 99.0 Å². The summed E-state index contributed by atoms with van der Waals surface area (Å²) >= 11 is 3.44. The highest BCUT2D eigenvalue weighted by molar-refractivity contribution is 9.10. The molecule has 0 saturated carbocycles. The molecular weight excluding hydrogens is 254 g/mol. The van der Waals surface area contributed by atoms with E-state index < -0.39 is 0 Å². The van der Waals surface area contributed by atoms with Gasteiger partial charge in [-0.2, -0.15) is 5.26 Å². The molecule has 0 heterocycles. The number of hydrogen-bond acceptors (Lipinski definition) is 2. The van der Waals surface area contributed by atoms with Crippen molar-refractivity contribution in [3.63, 3.8) is 0 Å².